The van der Waals surface area contributed by atoms with Crippen molar-refractivity contribution in [3.8, 4) is 0 Å². The molecule has 0 saturated heterocycles. The molecule has 0 spiro atoms. The summed E-state index contributed by atoms with van der Waals surface area (Å²) in [7, 11) is -1.16. The quantitative estimate of drug-likeness (QED) is 0.604. The van der Waals surface area contributed by atoms with Crippen LogP contribution in [0.25, 0.3) is 0 Å². The highest BCUT2D eigenvalue weighted by atomic mass is 35.5. The number of aromatic nitrogens is 4. The SMILES string of the molecule is CCN(CCS(C)(=O)=O)C(C)CNc1nc(Nc2cnn(C)c2)ncc1Cl. The molecule has 0 radical (unpaired) electrons. The lowest BCUT2D eigenvalue weighted by molar-refractivity contribution is 0.241. The van der Waals surface area contributed by atoms with Gasteiger partial charge in [-0.3, -0.25) is 9.58 Å². The van der Waals surface area contributed by atoms with E-state index < -0.39 is 9.84 Å². The third kappa shape index (κ3) is 6.96. The molecule has 27 heavy (non-hydrogen) atoms. The number of hydrogen-bond acceptors (Lipinski definition) is 8. The van der Waals surface area contributed by atoms with Crippen LogP contribution in [0.2, 0.25) is 5.02 Å². The smallest absolute Gasteiger partial charge is 0.229 e. The molecule has 2 heterocycles. The normalized spacial score (nSPS) is 13.0. The summed E-state index contributed by atoms with van der Waals surface area (Å²) < 4.78 is 24.5. The van der Waals surface area contributed by atoms with Gasteiger partial charge in [0.1, 0.15) is 14.9 Å². The summed E-state index contributed by atoms with van der Waals surface area (Å²) in [6, 6.07) is 0.109. The summed E-state index contributed by atoms with van der Waals surface area (Å²) in [6.45, 7) is 5.85. The molecule has 0 bridgehead atoms. The van der Waals surface area contributed by atoms with Crippen LogP contribution >= 0.6 is 11.6 Å². The number of rotatable bonds is 10. The molecule has 2 aromatic heterocycles. The van der Waals surface area contributed by atoms with Crippen LogP contribution in [-0.4, -0.2) is 70.8 Å². The van der Waals surface area contributed by atoms with Gasteiger partial charge in [-0.15, -0.1) is 0 Å². The molecule has 11 heteroatoms. The molecule has 2 aromatic rings. The van der Waals surface area contributed by atoms with E-state index in [1.165, 1.54) is 12.5 Å². The number of anilines is 3. The van der Waals surface area contributed by atoms with E-state index in [0.29, 0.717) is 29.9 Å². The monoisotopic (exact) mass is 415 g/mol. The molecule has 0 aliphatic carbocycles. The maximum atomic E-state index is 11.4. The van der Waals surface area contributed by atoms with Crippen LogP contribution in [0.5, 0.6) is 0 Å². The molecule has 1 unspecified atom stereocenters. The van der Waals surface area contributed by atoms with Crippen LogP contribution in [-0.2, 0) is 16.9 Å². The number of likely N-dealkylation sites (N-methyl/N-ethyl adjacent to an activating group) is 1. The number of nitrogens with zero attached hydrogens (tertiary/aromatic N) is 5. The Hall–Kier alpha value is -1.91. The highest BCUT2D eigenvalue weighted by Gasteiger charge is 2.15. The maximum absolute atomic E-state index is 11.4. The number of nitrogens with one attached hydrogen (secondary N) is 2. The Kier molecular flexibility index (Phi) is 7.40. The molecule has 2 N–H and O–H groups in total. The third-order valence-corrected chi connectivity index (χ3v) is 5.25. The molecule has 0 aliphatic heterocycles. The van der Waals surface area contributed by atoms with Gasteiger partial charge in [-0.25, -0.2) is 13.4 Å². The van der Waals surface area contributed by atoms with Crippen LogP contribution in [0, 0.1) is 0 Å². The molecule has 0 saturated carbocycles. The van der Waals surface area contributed by atoms with E-state index in [1.807, 2.05) is 27.1 Å². The molecule has 0 amide bonds. The number of hydrogen-bond donors (Lipinski definition) is 2. The fourth-order valence-electron chi connectivity index (χ4n) is 2.51. The van der Waals surface area contributed by atoms with Crippen LogP contribution < -0.4 is 10.6 Å². The van der Waals surface area contributed by atoms with Crippen LogP contribution in [0.1, 0.15) is 13.8 Å². The standard InChI is InChI=1S/C16H26ClN7O2S/c1-5-24(6-7-27(4,25)26)12(2)8-18-15-14(17)10-19-16(22-15)21-13-9-20-23(3)11-13/h9-12H,5-8H2,1-4H3,(H2,18,19,21,22). The van der Waals surface area contributed by atoms with E-state index in [-0.39, 0.29) is 11.8 Å². The van der Waals surface area contributed by atoms with Crippen LogP contribution in [0.4, 0.5) is 17.5 Å². The Labute approximate surface area is 165 Å². The van der Waals surface area contributed by atoms with Crippen LogP contribution in [0.3, 0.4) is 0 Å². The minimum Gasteiger partial charge on any atom is -0.367 e. The molecular weight excluding hydrogens is 390 g/mol. The predicted octanol–water partition coefficient (Wildman–Crippen LogP) is 1.77. The van der Waals surface area contributed by atoms with E-state index in [1.54, 1.807) is 10.9 Å². The lowest BCUT2D eigenvalue weighted by Crippen LogP contribution is -2.40. The molecule has 1 atom stereocenters. The predicted molar refractivity (Wildman–Crippen MR) is 108 cm³/mol. The average Bonchev–Trinajstić information content (AvgIpc) is 2.99. The number of sulfone groups is 1. The summed E-state index contributed by atoms with van der Waals surface area (Å²) in [5.74, 6) is 1.06. The van der Waals surface area contributed by atoms with E-state index in [9.17, 15) is 8.42 Å². The van der Waals surface area contributed by atoms with Gasteiger partial charge in [-0.05, 0) is 13.5 Å². The number of aryl methyl sites for hydroxylation is 1. The summed E-state index contributed by atoms with van der Waals surface area (Å²) in [5, 5.41) is 10.8. The van der Waals surface area contributed by atoms with E-state index in [0.717, 1.165) is 12.2 Å². The highest BCUT2D eigenvalue weighted by Crippen LogP contribution is 2.21. The van der Waals surface area contributed by atoms with E-state index in [4.69, 9.17) is 11.6 Å². The average molecular weight is 416 g/mol. The largest absolute Gasteiger partial charge is 0.367 e. The first-order chi connectivity index (χ1) is 12.7. The third-order valence-electron chi connectivity index (χ3n) is 4.05. The Morgan fingerprint density at radius 2 is 2.11 bits per heavy atom. The Morgan fingerprint density at radius 1 is 1.37 bits per heavy atom. The van der Waals surface area contributed by atoms with Gasteiger partial charge in [0, 0.05) is 38.6 Å². The van der Waals surface area contributed by atoms with E-state index >= 15 is 0 Å². The molecule has 0 fully saturated rings. The lowest BCUT2D eigenvalue weighted by atomic mass is 10.2. The summed E-state index contributed by atoms with van der Waals surface area (Å²) in [5.41, 5.74) is 0.775. The van der Waals surface area contributed by atoms with Gasteiger partial charge in [-0.2, -0.15) is 10.1 Å². The molecule has 2 rings (SSSR count). The Bertz CT molecular complexity index is 856. The lowest BCUT2D eigenvalue weighted by Gasteiger charge is -2.28. The first-order valence-corrected chi connectivity index (χ1v) is 11.1. The first kappa shape index (κ1) is 21.4. The second kappa shape index (κ2) is 9.34. The van der Waals surface area contributed by atoms with Crippen molar-refractivity contribution in [2.45, 2.75) is 19.9 Å². The zero-order valence-corrected chi connectivity index (χ0v) is 17.5. The Morgan fingerprint density at radius 3 is 2.70 bits per heavy atom. The summed E-state index contributed by atoms with van der Waals surface area (Å²) >= 11 is 6.20. The molecule has 0 aliphatic rings. The van der Waals surface area contributed by atoms with Gasteiger partial charge in [0.25, 0.3) is 0 Å². The highest BCUT2D eigenvalue weighted by molar-refractivity contribution is 7.90. The number of halogens is 1. The molecule has 0 aromatic carbocycles. The van der Waals surface area contributed by atoms with Crippen molar-refractivity contribution in [2.75, 3.05) is 42.3 Å². The van der Waals surface area contributed by atoms with Crippen molar-refractivity contribution in [3.63, 3.8) is 0 Å². The van der Waals surface area contributed by atoms with Gasteiger partial charge < -0.3 is 10.6 Å². The fourth-order valence-corrected chi connectivity index (χ4v) is 3.24. The second-order valence-corrected chi connectivity index (χ2v) is 9.07. The topological polar surface area (TPSA) is 105 Å². The van der Waals surface area contributed by atoms with Crippen molar-refractivity contribution in [3.05, 3.63) is 23.6 Å². The minimum absolute atomic E-state index is 0.109. The molecule has 9 nitrogen and oxygen atoms in total. The van der Waals surface area contributed by atoms with Crippen molar-refractivity contribution in [1.29, 1.82) is 0 Å². The van der Waals surface area contributed by atoms with Crippen molar-refractivity contribution < 1.29 is 8.42 Å². The summed E-state index contributed by atoms with van der Waals surface area (Å²) in [6.07, 6.45) is 6.27. The van der Waals surface area contributed by atoms with Crippen molar-refractivity contribution in [2.24, 2.45) is 7.05 Å². The summed E-state index contributed by atoms with van der Waals surface area (Å²) in [4.78, 5) is 10.7. The first-order valence-electron chi connectivity index (χ1n) is 8.61. The van der Waals surface area contributed by atoms with Crippen molar-refractivity contribution >= 4 is 38.9 Å². The van der Waals surface area contributed by atoms with Crippen molar-refractivity contribution in [1.82, 2.24) is 24.6 Å². The Balaban J connectivity index is 1.98. The van der Waals surface area contributed by atoms with Gasteiger partial charge in [0.15, 0.2) is 5.82 Å². The second-order valence-electron chi connectivity index (χ2n) is 6.41. The van der Waals surface area contributed by atoms with Gasteiger partial charge in [0.2, 0.25) is 5.95 Å². The fraction of sp³-hybridized carbons (Fsp3) is 0.562. The van der Waals surface area contributed by atoms with Crippen LogP contribution in [0.15, 0.2) is 18.6 Å². The van der Waals surface area contributed by atoms with Gasteiger partial charge in [-0.1, -0.05) is 18.5 Å². The molecule has 150 valence electrons. The maximum Gasteiger partial charge on any atom is 0.229 e. The van der Waals surface area contributed by atoms with Gasteiger partial charge >= 0.3 is 0 Å². The zero-order chi connectivity index (χ0) is 20.0. The minimum atomic E-state index is -2.99. The van der Waals surface area contributed by atoms with E-state index in [2.05, 4.69) is 30.6 Å². The van der Waals surface area contributed by atoms with Gasteiger partial charge in [0.05, 0.1) is 23.8 Å². The zero-order valence-electron chi connectivity index (χ0n) is 16.0. The molecular formula is C16H26ClN7O2S.